The fraction of sp³-hybridized carbons (Fsp3) is 0.750. The topological polar surface area (TPSA) is 34.1 Å². The van der Waals surface area contributed by atoms with Gasteiger partial charge in [0.05, 0.1) is 0 Å². The first-order valence-electron chi connectivity index (χ1n) is 3.77. The van der Waals surface area contributed by atoms with Gasteiger partial charge in [-0.25, -0.2) is 0 Å². The highest BCUT2D eigenvalue weighted by molar-refractivity contribution is 5.62. The van der Waals surface area contributed by atoms with Crippen molar-refractivity contribution in [3.63, 3.8) is 0 Å². The summed E-state index contributed by atoms with van der Waals surface area (Å²) in [5, 5.41) is 0. The molecule has 2 aliphatic rings. The number of hydrogen-bond donors (Lipinski definition) is 0. The van der Waals surface area contributed by atoms with Gasteiger partial charge in [-0.3, -0.25) is 0 Å². The molecule has 0 heterocycles. The molecule has 0 N–H and O–H groups in total. The molecule has 10 heavy (non-hydrogen) atoms. The van der Waals surface area contributed by atoms with Crippen molar-refractivity contribution in [2.45, 2.75) is 12.8 Å². The monoisotopic (exact) mass is 138 g/mol. The Hall–Kier alpha value is -0.660. The average molecular weight is 138 g/mol. The van der Waals surface area contributed by atoms with Gasteiger partial charge in [-0.1, -0.05) is 0 Å². The molecule has 0 aromatic carbocycles. The predicted molar refractivity (Wildman–Crippen MR) is 35.3 cm³/mol. The van der Waals surface area contributed by atoms with Gasteiger partial charge in [0.1, 0.15) is 12.6 Å². The molecule has 54 valence electrons. The summed E-state index contributed by atoms with van der Waals surface area (Å²) in [5.41, 5.74) is 0. The van der Waals surface area contributed by atoms with Crippen molar-refractivity contribution in [3.05, 3.63) is 0 Å². The Bertz CT molecular complexity index is 156. The van der Waals surface area contributed by atoms with Crippen molar-refractivity contribution in [1.29, 1.82) is 0 Å². The Morgan fingerprint density at radius 1 is 0.900 bits per heavy atom. The maximum absolute atomic E-state index is 10.2. The van der Waals surface area contributed by atoms with Crippen molar-refractivity contribution >= 4 is 12.6 Å². The summed E-state index contributed by atoms with van der Waals surface area (Å²) in [6.45, 7) is 0. The molecule has 0 aliphatic heterocycles. The maximum Gasteiger partial charge on any atom is 0.123 e. The summed E-state index contributed by atoms with van der Waals surface area (Å²) >= 11 is 0. The molecule has 0 saturated heterocycles. The fourth-order valence-electron chi connectivity index (χ4n) is 1.77. The molecule has 2 nitrogen and oxygen atoms in total. The van der Waals surface area contributed by atoms with Crippen molar-refractivity contribution in [2.75, 3.05) is 0 Å². The Kier molecular flexibility index (Phi) is 1.16. The van der Waals surface area contributed by atoms with E-state index in [4.69, 9.17) is 0 Å². The Morgan fingerprint density at radius 3 is 1.50 bits per heavy atom. The van der Waals surface area contributed by atoms with E-state index in [1.807, 2.05) is 0 Å². The molecule has 0 bridgehead atoms. The quantitative estimate of drug-likeness (QED) is 0.537. The second-order valence-electron chi connectivity index (χ2n) is 3.40. The summed E-state index contributed by atoms with van der Waals surface area (Å²) in [5.74, 6) is 1.75. The number of rotatable bonds is 3. The molecular weight excluding hydrogens is 128 g/mol. The molecule has 0 aromatic heterocycles. The first-order chi connectivity index (χ1) is 4.86. The molecule has 0 aromatic rings. The lowest BCUT2D eigenvalue weighted by molar-refractivity contribution is -0.110. The second-order valence-corrected chi connectivity index (χ2v) is 3.40. The van der Waals surface area contributed by atoms with Gasteiger partial charge in [0.15, 0.2) is 0 Å². The zero-order valence-electron chi connectivity index (χ0n) is 5.69. The largest absolute Gasteiger partial charge is 0.303 e. The summed E-state index contributed by atoms with van der Waals surface area (Å²) in [6, 6.07) is 0. The van der Waals surface area contributed by atoms with Crippen LogP contribution in [0.4, 0.5) is 0 Å². The molecule has 2 aliphatic carbocycles. The Morgan fingerprint density at radius 2 is 1.30 bits per heavy atom. The van der Waals surface area contributed by atoms with Crippen LogP contribution in [0.15, 0.2) is 0 Å². The van der Waals surface area contributed by atoms with Gasteiger partial charge in [0, 0.05) is 11.8 Å². The SMILES string of the molecule is O=C[C@@H]1C[C@@H]1[C@@H]1C[C@@H]1C=O. The fourth-order valence-corrected chi connectivity index (χ4v) is 1.77. The first-order valence-corrected chi connectivity index (χ1v) is 3.77. The van der Waals surface area contributed by atoms with Crippen LogP contribution in [0.25, 0.3) is 0 Å². The summed E-state index contributed by atoms with van der Waals surface area (Å²) in [7, 11) is 0. The minimum absolute atomic E-state index is 0.301. The van der Waals surface area contributed by atoms with E-state index in [0.717, 1.165) is 25.4 Å². The van der Waals surface area contributed by atoms with Gasteiger partial charge in [0.25, 0.3) is 0 Å². The van der Waals surface area contributed by atoms with Crippen LogP contribution < -0.4 is 0 Å². The van der Waals surface area contributed by atoms with Crippen molar-refractivity contribution in [2.24, 2.45) is 23.7 Å². The van der Waals surface area contributed by atoms with Crippen molar-refractivity contribution in [1.82, 2.24) is 0 Å². The van der Waals surface area contributed by atoms with Crippen LogP contribution in [0.5, 0.6) is 0 Å². The maximum atomic E-state index is 10.2. The van der Waals surface area contributed by atoms with E-state index in [-0.39, 0.29) is 0 Å². The highest BCUT2D eigenvalue weighted by Crippen LogP contribution is 2.56. The molecule has 2 heteroatoms. The van der Waals surface area contributed by atoms with Crippen LogP contribution in [-0.2, 0) is 9.59 Å². The van der Waals surface area contributed by atoms with Crippen LogP contribution >= 0.6 is 0 Å². The van der Waals surface area contributed by atoms with E-state index >= 15 is 0 Å². The van der Waals surface area contributed by atoms with Crippen molar-refractivity contribution in [3.8, 4) is 0 Å². The summed E-state index contributed by atoms with van der Waals surface area (Å²) < 4.78 is 0. The molecule has 2 saturated carbocycles. The van der Waals surface area contributed by atoms with Gasteiger partial charge >= 0.3 is 0 Å². The Balaban J connectivity index is 1.84. The number of carbonyl (C=O) groups is 2. The third-order valence-corrected chi connectivity index (χ3v) is 2.68. The third kappa shape index (κ3) is 0.789. The molecule has 2 fully saturated rings. The normalized spacial score (nSPS) is 50.0. The lowest BCUT2D eigenvalue weighted by atomic mass is 10.2. The van der Waals surface area contributed by atoms with Gasteiger partial charge in [-0.05, 0) is 24.7 Å². The average Bonchev–Trinajstić information content (AvgIpc) is 2.83. The molecule has 0 unspecified atom stereocenters. The van der Waals surface area contributed by atoms with Crippen LogP contribution in [0.1, 0.15) is 12.8 Å². The third-order valence-electron chi connectivity index (χ3n) is 2.68. The van der Waals surface area contributed by atoms with Gasteiger partial charge in [-0.2, -0.15) is 0 Å². The van der Waals surface area contributed by atoms with E-state index in [2.05, 4.69) is 0 Å². The highest BCUT2D eigenvalue weighted by atomic mass is 16.1. The van der Waals surface area contributed by atoms with Gasteiger partial charge in [0.2, 0.25) is 0 Å². The first kappa shape index (κ1) is 6.08. The van der Waals surface area contributed by atoms with E-state index in [0.29, 0.717) is 23.7 Å². The molecule has 0 spiro atoms. The standard InChI is InChI=1S/C8H10O2/c9-3-5-1-7(5)8-2-6(8)4-10/h3-8H,1-2H2/t5-,6+,7-,8+. The number of hydrogen-bond acceptors (Lipinski definition) is 2. The highest BCUT2D eigenvalue weighted by Gasteiger charge is 2.53. The van der Waals surface area contributed by atoms with Crippen LogP contribution in [0.3, 0.4) is 0 Å². The van der Waals surface area contributed by atoms with E-state index in [1.54, 1.807) is 0 Å². The zero-order chi connectivity index (χ0) is 7.14. The molecule has 4 atom stereocenters. The number of carbonyl (C=O) groups excluding carboxylic acids is 2. The second kappa shape index (κ2) is 1.91. The zero-order valence-corrected chi connectivity index (χ0v) is 5.69. The van der Waals surface area contributed by atoms with E-state index in [1.165, 1.54) is 0 Å². The molecule has 0 amide bonds. The Labute approximate surface area is 59.6 Å². The van der Waals surface area contributed by atoms with Crippen molar-refractivity contribution < 1.29 is 9.59 Å². The predicted octanol–water partition coefficient (Wildman–Crippen LogP) is 0.656. The minimum Gasteiger partial charge on any atom is -0.303 e. The lowest BCUT2D eigenvalue weighted by Crippen LogP contribution is -1.89. The minimum atomic E-state index is 0.301. The van der Waals surface area contributed by atoms with Gasteiger partial charge in [-0.15, -0.1) is 0 Å². The molecule has 0 radical (unpaired) electrons. The summed E-state index contributed by atoms with van der Waals surface area (Å²) in [4.78, 5) is 20.4. The van der Waals surface area contributed by atoms with E-state index < -0.39 is 0 Å². The number of aldehydes is 2. The van der Waals surface area contributed by atoms with Gasteiger partial charge < -0.3 is 9.59 Å². The lowest BCUT2D eigenvalue weighted by Gasteiger charge is -1.86. The van der Waals surface area contributed by atoms with Crippen LogP contribution in [0, 0.1) is 23.7 Å². The molecular formula is C8H10O2. The molecule has 2 rings (SSSR count). The van der Waals surface area contributed by atoms with Crippen LogP contribution in [-0.4, -0.2) is 12.6 Å². The summed E-state index contributed by atoms with van der Waals surface area (Å²) in [6.07, 6.45) is 4.15. The van der Waals surface area contributed by atoms with Crippen LogP contribution in [0.2, 0.25) is 0 Å². The smallest absolute Gasteiger partial charge is 0.123 e. The van der Waals surface area contributed by atoms with E-state index in [9.17, 15) is 9.59 Å².